The summed E-state index contributed by atoms with van der Waals surface area (Å²) in [6, 6.07) is 6.07. The molecular formula is C11H12ClN3O. The summed E-state index contributed by atoms with van der Waals surface area (Å²) in [7, 11) is 0. The van der Waals surface area contributed by atoms with Crippen molar-refractivity contribution >= 4 is 23.2 Å². The molecule has 1 aromatic rings. The molecular weight excluding hydrogens is 226 g/mol. The minimum atomic E-state index is -0.549. The molecule has 0 aliphatic rings. The molecule has 5 heteroatoms. The van der Waals surface area contributed by atoms with Crippen LogP contribution < -0.4 is 11.1 Å². The number of hydrogen-bond acceptors (Lipinski definition) is 3. The molecule has 0 radical (unpaired) electrons. The maximum absolute atomic E-state index is 11.5. The summed E-state index contributed by atoms with van der Waals surface area (Å²) in [4.78, 5) is 11.5. The van der Waals surface area contributed by atoms with Gasteiger partial charge in [0.05, 0.1) is 28.4 Å². The summed E-state index contributed by atoms with van der Waals surface area (Å²) in [6.07, 6.45) is 0.555. The lowest BCUT2D eigenvalue weighted by molar-refractivity contribution is -0.117. The summed E-state index contributed by atoms with van der Waals surface area (Å²) < 4.78 is 0. The van der Waals surface area contributed by atoms with E-state index < -0.39 is 6.04 Å². The summed E-state index contributed by atoms with van der Waals surface area (Å²) in [5.74, 6) is -0.283. The topological polar surface area (TPSA) is 78.9 Å². The average molecular weight is 238 g/mol. The zero-order chi connectivity index (χ0) is 12.1. The number of carbonyl (C=O) groups excluding carboxylic acids is 1. The Morgan fingerprint density at radius 1 is 1.69 bits per heavy atom. The number of anilines is 1. The van der Waals surface area contributed by atoms with Crippen LogP contribution in [-0.4, -0.2) is 11.9 Å². The van der Waals surface area contributed by atoms with Crippen LogP contribution in [0.15, 0.2) is 18.2 Å². The van der Waals surface area contributed by atoms with E-state index in [0.717, 1.165) is 0 Å². The lowest BCUT2D eigenvalue weighted by Gasteiger charge is -2.11. The fourth-order valence-corrected chi connectivity index (χ4v) is 1.32. The van der Waals surface area contributed by atoms with Crippen molar-refractivity contribution in [1.29, 1.82) is 5.26 Å². The molecule has 0 saturated heterocycles. The van der Waals surface area contributed by atoms with E-state index in [0.29, 0.717) is 22.7 Å². The third kappa shape index (κ3) is 2.96. The fraction of sp³-hybridized carbons (Fsp3) is 0.273. The first kappa shape index (κ1) is 12.5. The molecule has 0 aliphatic heterocycles. The Morgan fingerprint density at radius 2 is 2.38 bits per heavy atom. The molecule has 0 aromatic heterocycles. The molecule has 16 heavy (non-hydrogen) atoms. The highest BCUT2D eigenvalue weighted by Crippen LogP contribution is 2.22. The van der Waals surface area contributed by atoms with Crippen molar-refractivity contribution in [3.63, 3.8) is 0 Å². The molecule has 3 N–H and O–H groups in total. The van der Waals surface area contributed by atoms with Gasteiger partial charge < -0.3 is 11.1 Å². The second-order valence-corrected chi connectivity index (χ2v) is 3.72. The Kier molecular flexibility index (Phi) is 4.29. The maximum Gasteiger partial charge on any atom is 0.241 e. The van der Waals surface area contributed by atoms with Crippen molar-refractivity contribution in [2.75, 3.05) is 5.32 Å². The van der Waals surface area contributed by atoms with Gasteiger partial charge >= 0.3 is 0 Å². The van der Waals surface area contributed by atoms with Crippen LogP contribution in [0.5, 0.6) is 0 Å². The first-order valence-electron chi connectivity index (χ1n) is 4.84. The molecule has 1 aromatic carbocycles. The number of carbonyl (C=O) groups is 1. The molecule has 0 bridgehead atoms. The minimum Gasteiger partial charge on any atom is -0.323 e. The van der Waals surface area contributed by atoms with Gasteiger partial charge in [-0.3, -0.25) is 4.79 Å². The Morgan fingerprint density at radius 3 is 2.88 bits per heavy atom. The Hall–Kier alpha value is -1.57. The van der Waals surface area contributed by atoms with Crippen LogP contribution in [-0.2, 0) is 4.79 Å². The largest absolute Gasteiger partial charge is 0.323 e. The number of rotatable bonds is 3. The lowest BCUT2D eigenvalue weighted by Crippen LogP contribution is -2.34. The first-order valence-corrected chi connectivity index (χ1v) is 5.22. The van der Waals surface area contributed by atoms with Crippen molar-refractivity contribution in [3.05, 3.63) is 28.8 Å². The summed E-state index contributed by atoms with van der Waals surface area (Å²) >= 11 is 5.89. The van der Waals surface area contributed by atoms with Crippen LogP contribution in [0.1, 0.15) is 18.9 Å². The second kappa shape index (κ2) is 5.50. The van der Waals surface area contributed by atoms with Crippen molar-refractivity contribution in [3.8, 4) is 6.07 Å². The SMILES string of the molecule is CCC(N)C(=O)Nc1ccc(C#N)cc1Cl. The van der Waals surface area contributed by atoms with Crippen LogP contribution in [0.2, 0.25) is 5.02 Å². The van der Waals surface area contributed by atoms with Gasteiger partial charge in [0.1, 0.15) is 0 Å². The highest BCUT2D eigenvalue weighted by atomic mass is 35.5. The first-order chi connectivity index (χ1) is 7.58. The van der Waals surface area contributed by atoms with E-state index in [1.807, 2.05) is 13.0 Å². The van der Waals surface area contributed by atoms with E-state index in [9.17, 15) is 4.79 Å². The number of hydrogen-bond donors (Lipinski definition) is 2. The highest BCUT2D eigenvalue weighted by molar-refractivity contribution is 6.33. The predicted octanol–water partition coefficient (Wildman–Crippen LogP) is 1.89. The molecule has 0 spiro atoms. The zero-order valence-corrected chi connectivity index (χ0v) is 9.58. The van der Waals surface area contributed by atoms with Crippen molar-refractivity contribution in [2.24, 2.45) is 5.73 Å². The average Bonchev–Trinajstić information content (AvgIpc) is 2.30. The summed E-state index contributed by atoms with van der Waals surface area (Å²) in [5.41, 5.74) is 6.48. The number of nitrogens with zero attached hydrogens (tertiary/aromatic N) is 1. The van der Waals surface area contributed by atoms with E-state index in [1.165, 1.54) is 6.07 Å². The Bertz CT molecular complexity index is 439. The van der Waals surface area contributed by atoms with Crippen LogP contribution in [0.4, 0.5) is 5.69 Å². The lowest BCUT2D eigenvalue weighted by atomic mass is 10.2. The minimum absolute atomic E-state index is 0.283. The van der Waals surface area contributed by atoms with Gasteiger partial charge in [-0.25, -0.2) is 0 Å². The van der Waals surface area contributed by atoms with Crippen LogP contribution in [0, 0.1) is 11.3 Å². The Balaban J connectivity index is 2.83. The molecule has 0 heterocycles. The standard InChI is InChI=1S/C11H12ClN3O/c1-2-9(14)11(16)15-10-4-3-7(6-13)5-8(10)12/h3-5,9H,2,14H2,1H3,(H,15,16). The second-order valence-electron chi connectivity index (χ2n) is 3.31. The number of amides is 1. The number of nitrogens with two attached hydrogens (primary N) is 1. The van der Waals surface area contributed by atoms with Crippen molar-refractivity contribution in [1.82, 2.24) is 0 Å². The zero-order valence-electron chi connectivity index (χ0n) is 8.83. The van der Waals surface area contributed by atoms with Gasteiger partial charge in [0.25, 0.3) is 0 Å². The van der Waals surface area contributed by atoms with Gasteiger partial charge in [-0.2, -0.15) is 5.26 Å². The smallest absolute Gasteiger partial charge is 0.241 e. The molecule has 84 valence electrons. The maximum atomic E-state index is 11.5. The van der Waals surface area contributed by atoms with Crippen molar-refractivity contribution < 1.29 is 4.79 Å². The van der Waals surface area contributed by atoms with Gasteiger partial charge in [0, 0.05) is 0 Å². The number of benzene rings is 1. The number of nitrogens with one attached hydrogen (secondary N) is 1. The summed E-state index contributed by atoms with van der Waals surface area (Å²) in [5, 5.41) is 11.6. The molecule has 0 saturated carbocycles. The monoisotopic (exact) mass is 237 g/mol. The van der Waals surface area contributed by atoms with Crippen LogP contribution in [0.3, 0.4) is 0 Å². The van der Waals surface area contributed by atoms with Crippen LogP contribution >= 0.6 is 11.6 Å². The number of halogens is 1. The van der Waals surface area contributed by atoms with E-state index in [1.54, 1.807) is 12.1 Å². The third-order valence-electron chi connectivity index (χ3n) is 2.13. The fourth-order valence-electron chi connectivity index (χ4n) is 1.10. The molecule has 1 rings (SSSR count). The summed E-state index contributed by atoms with van der Waals surface area (Å²) in [6.45, 7) is 1.82. The highest BCUT2D eigenvalue weighted by Gasteiger charge is 2.12. The van der Waals surface area contributed by atoms with Gasteiger partial charge in [-0.1, -0.05) is 18.5 Å². The van der Waals surface area contributed by atoms with Gasteiger partial charge in [0.15, 0.2) is 0 Å². The molecule has 1 atom stereocenters. The molecule has 0 fully saturated rings. The predicted molar refractivity (Wildman–Crippen MR) is 63.1 cm³/mol. The van der Waals surface area contributed by atoms with E-state index in [4.69, 9.17) is 22.6 Å². The van der Waals surface area contributed by atoms with Gasteiger partial charge in [0.2, 0.25) is 5.91 Å². The van der Waals surface area contributed by atoms with E-state index >= 15 is 0 Å². The van der Waals surface area contributed by atoms with E-state index in [2.05, 4.69) is 5.32 Å². The van der Waals surface area contributed by atoms with Gasteiger partial charge in [-0.15, -0.1) is 0 Å². The molecule has 4 nitrogen and oxygen atoms in total. The third-order valence-corrected chi connectivity index (χ3v) is 2.45. The van der Waals surface area contributed by atoms with E-state index in [-0.39, 0.29) is 5.91 Å². The Labute approximate surface area is 99.0 Å². The number of nitriles is 1. The van der Waals surface area contributed by atoms with Crippen molar-refractivity contribution in [2.45, 2.75) is 19.4 Å². The van der Waals surface area contributed by atoms with Gasteiger partial charge in [-0.05, 0) is 24.6 Å². The molecule has 0 aliphatic carbocycles. The molecule has 1 unspecified atom stereocenters. The quantitative estimate of drug-likeness (QED) is 0.843. The molecule has 1 amide bonds. The van der Waals surface area contributed by atoms with Crippen LogP contribution in [0.25, 0.3) is 0 Å². The normalized spacial score (nSPS) is 11.6.